The molecule has 29 heavy (non-hydrogen) atoms. The zero-order valence-electron chi connectivity index (χ0n) is 18.0. The minimum atomic E-state index is -0.747. The second kappa shape index (κ2) is 9.94. The molecule has 7 heteroatoms. The number of nitrogens with one attached hydrogen (secondary N) is 1. The monoisotopic (exact) mass is 422 g/mol. The number of amides is 1. The molecule has 0 bridgehead atoms. The summed E-state index contributed by atoms with van der Waals surface area (Å²) in [6.07, 6.45) is 5.41. The lowest BCUT2D eigenvalue weighted by Gasteiger charge is -2.33. The molecule has 1 saturated carbocycles. The van der Waals surface area contributed by atoms with Crippen LogP contribution in [-0.4, -0.2) is 38.3 Å². The van der Waals surface area contributed by atoms with Crippen molar-refractivity contribution in [2.24, 2.45) is 11.8 Å². The van der Waals surface area contributed by atoms with Gasteiger partial charge in [-0.3, -0.25) is 9.69 Å². The molecule has 1 aromatic rings. The summed E-state index contributed by atoms with van der Waals surface area (Å²) in [5.74, 6) is 1.76. The summed E-state index contributed by atoms with van der Waals surface area (Å²) in [6.45, 7) is 8.27. The van der Waals surface area contributed by atoms with Crippen molar-refractivity contribution in [1.82, 2.24) is 5.32 Å². The standard InChI is InChI=1S/C22H34N2O4S/c1-14(2)24(20(25)17-7-5-15(3)6-8-17)21-18(28-22(26)27-4)13-19(29-21)16-9-11-23-12-10-16/h13-17,23H,5-12H2,1-4H3. The van der Waals surface area contributed by atoms with Crippen LogP contribution < -0.4 is 15.0 Å². The van der Waals surface area contributed by atoms with Gasteiger partial charge in [0.1, 0.15) is 5.00 Å². The normalized spacial score (nSPS) is 23.1. The Hall–Kier alpha value is -1.60. The van der Waals surface area contributed by atoms with Gasteiger partial charge in [0.2, 0.25) is 5.91 Å². The van der Waals surface area contributed by atoms with Crippen LogP contribution in [0, 0.1) is 11.8 Å². The molecular formula is C22H34N2O4S. The van der Waals surface area contributed by atoms with Crippen LogP contribution in [0.2, 0.25) is 0 Å². The molecule has 2 aliphatic rings. The Morgan fingerprint density at radius 2 is 1.79 bits per heavy atom. The van der Waals surface area contributed by atoms with Crippen molar-refractivity contribution >= 4 is 28.4 Å². The Balaban J connectivity index is 1.91. The van der Waals surface area contributed by atoms with Crippen LogP contribution >= 0.6 is 11.3 Å². The molecule has 0 atom stereocenters. The Labute approximate surface area is 177 Å². The molecule has 6 nitrogen and oxygen atoms in total. The number of thiophene rings is 1. The molecule has 0 radical (unpaired) electrons. The highest BCUT2D eigenvalue weighted by atomic mass is 32.1. The lowest BCUT2D eigenvalue weighted by molar-refractivity contribution is -0.123. The van der Waals surface area contributed by atoms with Gasteiger partial charge in [0.25, 0.3) is 0 Å². The zero-order valence-corrected chi connectivity index (χ0v) is 18.8. The van der Waals surface area contributed by atoms with Gasteiger partial charge in [0.05, 0.1) is 7.11 Å². The summed E-state index contributed by atoms with van der Waals surface area (Å²) >= 11 is 1.59. The average molecular weight is 423 g/mol. The van der Waals surface area contributed by atoms with E-state index in [4.69, 9.17) is 9.47 Å². The van der Waals surface area contributed by atoms with Gasteiger partial charge in [-0.15, -0.1) is 11.3 Å². The summed E-state index contributed by atoms with van der Waals surface area (Å²) in [6, 6.07) is 1.93. The number of hydrogen-bond acceptors (Lipinski definition) is 6. The summed E-state index contributed by atoms with van der Waals surface area (Å²) < 4.78 is 10.2. The van der Waals surface area contributed by atoms with E-state index in [2.05, 4.69) is 12.2 Å². The first-order valence-corrected chi connectivity index (χ1v) is 11.7. The lowest BCUT2D eigenvalue weighted by Crippen LogP contribution is -2.42. The maximum atomic E-state index is 13.5. The van der Waals surface area contributed by atoms with Crippen LogP contribution in [0.5, 0.6) is 5.75 Å². The highest BCUT2D eigenvalue weighted by molar-refractivity contribution is 7.16. The number of hydrogen-bond donors (Lipinski definition) is 1. The van der Waals surface area contributed by atoms with Crippen molar-refractivity contribution in [3.63, 3.8) is 0 Å². The molecule has 1 aliphatic carbocycles. The maximum Gasteiger partial charge on any atom is 0.513 e. The van der Waals surface area contributed by atoms with Gasteiger partial charge in [-0.2, -0.15) is 0 Å². The van der Waals surface area contributed by atoms with E-state index >= 15 is 0 Å². The minimum Gasteiger partial charge on any atom is -0.437 e. The second-order valence-electron chi connectivity index (χ2n) is 8.66. The van der Waals surface area contributed by atoms with Crippen LogP contribution in [0.15, 0.2) is 6.07 Å². The molecule has 1 amide bonds. The van der Waals surface area contributed by atoms with E-state index in [9.17, 15) is 9.59 Å². The third kappa shape index (κ3) is 5.31. The summed E-state index contributed by atoms with van der Waals surface area (Å²) in [4.78, 5) is 28.4. The van der Waals surface area contributed by atoms with E-state index in [1.54, 1.807) is 11.3 Å². The topological polar surface area (TPSA) is 67.9 Å². The van der Waals surface area contributed by atoms with Crippen molar-refractivity contribution in [2.75, 3.05) is 25.1 Å². The molecule has 0 spiro atoms. The number of nitrogens with zero attached hydrogens (tertiary/aromatic N) is 1. The smallest absolute Gasteiger partial charge is 0.437 e. The van der Waals surface area contributed by atoms with Crippen molar-refractivity contribution in [2.45, 2.75) is 71.3 Å². The predicted molar refractivity (Wildman–Crippen MR) is 116 cm³/mol. The van der Waals surface area contributed by atoms with Crippen molar-refractivity contribution in [3.8, 4) is 5.75 Å². The highest BCUT2D eigenvalue weighted by Gasteiger charge is 2.34. The predicted octanol–water partition coefficient (Wildman–Crippen LogP) is 4.93. The van der Waals surface area contributed by atoms with E-state index in [0.717, 1.165) is 56.6 Å². The Bertz CT molecular complexity index is 704. The summed E-state index contributed by atoms with van der Waals surface area (Å²) in [5.41, 5.74) is 0. The first-order chi connectivity index (χ1) is 13.9. The zero-order chi connectivity index (χ0) is 21.0. The molecule has 1 aliphatic heterocycles. The maximum absolute atomic E-state index is 13.5. The van der Waals surface area contributed by atoms with Gasteiger partial charge in [-0.1, -0.05) is 6.92 Å². The number of rotatable bonds is 5. The third-order valence-electron chi connectivity index (χ3n) is 6.14. The molecule has 1 saturated heterocycles. The molecular weight excluding hydrogens is 388 g/mol. The van der Waals surface area contributed by atoms with Crippen molar-refractivity contribution in [3.05, 3.63) is 10.9 Å². The Morgan fingerprint density at radius 3 is 2.38 bits per heavy atom. The molecule has 2 fully saturated rings. The fraction of sp³-hybridized carbons (Fsp3) is 0.727. The molecule has 1 N–H and O–H groups in total. The van der Waals surface area contributed by atoms with Gasteiger partial charge in [-0.25, -0.2) is 4.79 Å². The lowest BCUT2D eigenvalue weighted by atomic mass is 9.82. The Morgan fingerprint density at radius 1 is 1.14 bits per heavy atom. The van der Waals surface area contributed by atoms with Crippen LogP contribution in [0.4, 0.5) is 9.80 Å². The van der Waals surface area contributed by atoms with Gasteiger partial charge >= 0.3 is 6.16 Å². The van der Waals surface area contributed by atoms with Crippen LogP contribution in [-0.2, 0) is 9.53 Å². The molecule has 2 heterocycles. The second-order valence-corrected chi connectivity index (χ2v) is 9.72. The third-order valence-corrected chi connectivity index (χ3v) is 7.42. The minimum absolute atomic E-state index is 0.0126. The largest absolute Gasteiger partial charge is 0.513 e. The quantitative estimate of drug-likeness (QED) is 0.682. The molecule has 3 rings (SSSR count). The molecule has 1 aromatic heterocycles. The first kappa shape index (κ1) is 22.1. The van der Waals surface area contributed by atoms with E-state index in [1.807, 2.05) is 24.8 Å². The van der Waals surface area contributed by atoms with E-state index in [0.29, 0.717) is 17.6 Å². The number of ether oxygens (including phenoxy) is 2. The SMILES string of the molecule is COC(=O)Oc1cc(C2CCNCC2)sc1N(C(=O)C1CCC(C)CC1)C(C)C. The molecule has 0 aromatic carbocycles. The van der Waals surface area contributed by atoms with Crippen molar-refractivity contribution in [1.29, 1.82) is 0 Å². The number of carbonyl (C=O) groups excluding carboxylic acids is 2. The van der Waals surface area contributed by atoms with Gasteiger partial charge in [0, 0.05) is 16.8 Å². The van der Waals surface area contributed by atoms with E-state index in [-0.39, 0.29) is 17.9 Å². The average Bonchev–Trinajstić information content (AvgIpc) is 3.12. The highest BCUT2D eigenvalue weighted by Crippen LogP contribution is 2.45. The molecule has 0 unspecified atom stereocenters. The van der Waals surface area contributed by atoms with Gasteiger partial charge in [0.15, 0.2) is 5.75 Å². The van der Waals surface area contributed by atoms with Crippen LogP contribution in [0.1, 0.15) is 70.1 Å². The first-order valence-electron chi connectivity index (χ1n) is 10.8. The number of anilines is 1. The molecule has 162 valence electrons. The Kier molecular flexibility index (Phi) is 7.57. The van der Waals surface area contributed by atoms with Crippen molar-refractivity contribution < 1.29 is 19.1 Å². The number of carbonyl (C=O) groups is 2. The van der Waals surface area contributed by atoms with Crippen LogP contribution in [0.25, 0.3) is 0 Å². The van der Waals surface area contributed by atoms with Gasteiger partial charge in [-0.05, 0) is 83.4 Å². The summed E-state index contributed by atoms with van der Waals surface area (Å²) in [7, 11) is 1.30. The number of methoxy groups -OCH3 is 1. The van der Waals surface area contributed by atoms with E-state index < -0.39 is 6.16 Å². The summed E-state index contributed by atoms with van der Waals surface area (Å²) in [5, 5.41) is 4.13. The van der Waals surface area contributed by atoms with Crippen LogP contribution in [0.3, 0.4) is 0 Å². The fourth-order valence-electron chi connectivity index (χ4n) is 4.36. The number of piperidine rings is 1. The van der Waals surface area contributed by atoms with Gasteiger partial charge < -0.3 is 14.8 Å². The van der Waals surface area contributed by atoms with E-state index in [1.165, 1.54) is 12.0 Å². The fourth-order valence-corrected chi connectivity index (χ4v) is 5.75.